The van der Waals surface area contributed by atoms with Crippen molar-refractivity contribution < 1.29 is 18.8 Å². The lowest BCUT2D eigenvalue weighted by Gasteiger charge is -2.09. The molecule has 0 radical (unpaired) electrons. The quantitative estimate of drug-likeness (QED) is 0.440. The zero-order valence-corrected chi connectivity index (χ0v) is 15.2. The third-order valence-corrected chi connectivity index (χ3v) is 3.95. The van der Waals surface area contributed by atoms with Crippen molar-refractivity contribution in [1.29, 1.82) is 0 Å². The number of anilines is 2. The zero-order chi connectivity index (χ0) is 20.8. The second-order valence-corrected chi connectivity index (χ2v) is 6.14. The molecule has 0 fully saturated rings. The van der Waals surface area contributed by atoms with E-state index in [-0.39, 0.29) is 18.1 Å². The Labute approximate surface area is 165 Å². The highest BCUT2D eigenvalue weighted by molar-refractivity contribution is 6.05. The van der Waals surface area contributed by atoms with Crippen molar-refractivity contribution in [2.24, 2.45) is 5.73 Å². The first-order valence-electron chi connectivity index (χ1n) is 8.59. The molecule has 0 aliphatic rings. The molecule has 3 aromatic rings. The fourth-order valence-electron chi connectivity index (χ4n) is 2.54. The lowest BCUT2D eigenvalue weighted by molar-refractivity contribution is 0.101. The Morgan fingerprint density at radius 3 is 2.17 bits per heavy atom. The van der Waals surface area contributed by atoms with Crippen LogP contribution >= 0.6 is 0 Å². The predicted octanol–water partition coefficient (Wildman–Crippen LogP) is 2.83. The van der Waals surface area contributed by atoms with Crippen LogP contribution in [0.5, 0.6) is 0 Å². The van der Waals surface area contributed by atoms with Crippen molar-refractivity contribution in [3.8, 4) is 0 Å². The van der Waals surface area contributed by atoms with Gasteiger partial charge < -0.3 is 26.7 Å². The second kappa shape index (κ2) is 8.70. The van der Waals surface area contributed by atoms with Gasteiger partial charge in [0.1, 0.15) is 11.5 Å². The molecule has 9 heteroatoms. The Bertz CT molecular complexity index is 1050. The molecule has 2 aromatic carbocycles. The topological polar surface area (TPSA) is 129 Å². The summed E-state index contributed by atoms with van der Waals surface area (Å²) < 4.78 is 13.0. The van der Waals surface area contributed by atoms with Gasteiger partial charge in [0.2, 0.25) is 0 Å². The van der Waals surface area contributed by atoms with E-state index in [2.05, 4.69) is 20.9 Å². The summed E-state index contributed by atoms with van der Waals surface area (Å²) in [6.07, 6.45) is 1.08. The highest BCUT2D eigenvalue weighted by Gasteiger charge is 2.10. The van der Waals surface area contributed by atoms with Crippen molar-refractivity contribution in [1.82, 2.24) is 10.3 Å². The number of aromatic nitrogens is 1. The lowest BCUT2D eigenvalue weighted by atomic mass is 10.1. The highest BCUT2D eigenvalue weighted by Crippen LogP contribution is 2.17. The first-order valence-corrected chi connectivity index (χ1v) is 8.59. The molecule has 0 bridgehead atoms. The van der Waals surface area contributed by atoms with Crippen molar-refractivity contribution in [2.45, 2.75) is 6.54 Å². The highest BCUT2D eigenvalue weighted by atomic mass is 19.1. The summed E-state index contributed by atoms with van der Waals surface area (Å²) in [6, 6.07) is 13.7. The molecule has 0 saturated carbocycles. The first-order chi connectivity index (χ1) is 13.9. The van der Waals surface area contributed by atoms with E-state index in [1.54, 1.807) is 48.5 Å². The number of hydrogen-bond donors (Lipinski definition) is 5. The molecule has 0 atom stereocenters. The maximum atomic E-state index is 13.0. The van der Waals surface area contributed by atoms with Crippen LogP contribution in [0.25, 0.3) is 0 Å². The molecule has 0 aliphatic heterocycles. The predicted molar refractivity (Wildman–Crippen MR) is 106 cm³/mol. The van der Waals surface area contributed by atoms with Crippen LogP contribution in [-0.4, -0.2) is 22.8 Å². The lowest BCUT2D eigenvalue weighted by Crippen LogP contribution is -2.28. The molecule has 8 nitrogen and oxygen atoms in total. The SMILES string of the molecule is NC(=O)NCc1ccc(C(=O)Nc2cccc(NC(=O)c3cc(F)c[nH]3)c2)cc1. The molecule has 1 aromatic heterocycles. The number of H-pyrrole nitrogens is 1. The third kappa shape index (κ3) is 5.42. The van der Waals surface area contributed by atoms with Gasteiger partial charge in [-0.05, 0) is 35.9 Å². The number of primary amides is 1. The number of nitrogens with one attached hydrogen (secondary N) is 4. The van der Waals surface area contributed by atoms with Crippen molar-refractivity contribution >= 4 is 29.2 Å². The van der Waals surface area contributed by atoms with Gasteiger partial charge in [0.15, 0.2) is 0 Å². The molecular formula is C20H18FN5O3. The van der Waals surface area contributed by atoms with E-state index in [4.69, 9.17) is 5.73 Å². The number of aromatic amines is 1. The summed E-state index contributed by atoms with van der Waals surface area (Å²) in [6.45, 7) is 0.268. The molecular weight excluding hydrogens is 377 g/mol. The third-order valence-electron chi connectivity index (χ3n) is 3.95. The average molecular weight is 395 g/mol. The van der Waals surface area contributed by atoms with Crippen LogP contribution in [0.1, 0.15) is 26.4 Å². The maximum absolute atomic E-state index is 13.0. The monoisotopic (exact) mass is 395 g/mol. The molecule has 6 N–H and O–H groups in total. The summed E-state index contributed by atoms with van der Waals surface area (Å²) >= 11 is 0. The molecule has 4 amide bonds. The van der Waals surface area contributed by atoms with E-state index in [0.717, 1.165) is 17.8 Å². The Hall–Kier alpha value is -4.14. The molecule has 0 unspecified atom stereocenters. The second-order valence-electron chi connectivity index (χ2n) is 6.14. The van der Waals surface area contributed by atoms with Crippen LogP contribution in [0.3, 0.4) is 0 Å². The number of rotatable bonds is 6. The van der Waals surface area contributed by atoms with Gasteiger partial charge >= 0.3 is 6.03 Å². The number of nitrogens with two attached hydrogens (primary N) is 1. The minimum Gasteiger partial charge on any atom is -0.355 e. The average Bonchev–Trinajstić information content (AvgIpc) is 3.13. The summed E-state index contributed by atoms with van der Waals surface area (Å²) in [7, 11) is 0. The number of amides is 4. The van der Waals surface area contributed by atoms with Crippen molar-refractivity contribution in [3.05, 3.63) is 83.4 Å². The number of halogens is 1. The minimum atomic E-state index is -0.625. The number of urea groups is 1. The molecule has 1 heterocycles. The molecule has 0 saturated heterocycles. The molecule has 0 spiro atoms. The van der Waals surface area contributed by atoms with Crippen LogP contribution in [0.2, 0.25) is 0 Å². The van der Waals surface area contributed by atoms with Gasteiger partial charge in [-0.15, -0.1) is 0 Å². The van der Waals surface area contributed by atoms with Crippen LogP contribution in [-0.2, 0) is 6.54 Å². The summed E-state index contributed by atoms with van der Waals surface area (Å²) in [5, 5.41) is 7.83. The van der Waals surface area contributed by atoms with Crippen LogP contribution in [0, 0.1) is 5.82 Å². The normalized spacial score (nSPS) is 10.2. The summed E-state index contributed by atoms with van der Waals surface area (Å²) in [5.41, 5.74) is 7.24. The van der Waals surface area contributed by atoms with Crippen molar-refractivity contribution in [3.63, 3.8) is 0 Å². The van der Waals surface area contributed by atoms with Gasteiger partial charge in [0.25, 0.3) is 11.8 Å². The van der Waals surface area contributed by atoms with Crippen molar-refractivity contribution in [2.75, 3.05) is 10.6 Å². The van der Waals surface area contributed by atoms with Crippen LogP contribution in [0.15, 0.2) is 60.8 Å². The molecule has 3 rings (SSSR count). The van der Waals surface area contributed by atoms with E-state index in [1.807, 2.05) is 0 Å². The van der Waals surface area contributed by atoms with E-state index in [1.165, 1.54) is 0 Å². The molecule has 0 aliphatic carbocycles. The Morgan fingerprint density at radius 1 is 0.931 bits per heavy atom. The van der Waals surface area contributed by atoms with Gasteiger partial charge in [-0.1, -0.05) is 18.2 Å². The van der Waals surface area contributed by atoms with Gasteiger partial charge in [-0.25, -0.2) is 9.18 Å². The first kappa shape index (κ1) is 19.6. The van der Waals surface area contributed by atoms with Crippen LogP contribution < -0.4 is 21.7 Å². The van der Waals surface area contributed by atoms with Gasteiger partial charge in [-0.3, -0.25) is 9.59 Å². The standard InChI is InChI=1S/C20H18FN5O3/c21-14-8-17(23-11-14)19(28)26-16-3-1-2-15(9-16)25-18(27)13-6-4-12(5-7-13)10-24-20(22)29/h1-9,11,23H,10H2,(H,25,27)(H,26,28)(H3,22,24,29). The maximum Gasteiger partial charge on any atom is 0.312 e. The number of hydrogen-bond acceptors (Lipinski definition) is 3. The van der Waals surface area contributed by atoms with E-state index >= 15 is 0 Å². The van der Waals surface area contributed by atoms with Crippen LogP contribution in [0.4, 0.5) is 20.6 Å². The van der Waals surface area contributed by atoms with E-state index in [0.29, 0.717) is 16.9 Å². The zero-order valence-electron chi connectivity index (χ0n) is 15.2. The molecule has 148 valence electrons. The summed E-state index contributed by atoms with van der Waals surface area (Å²) in [5.74, 6) is -1.38. The van der Waals surface area contributed by atoms with E-state index in [9.17, 15) is 18.8 Å². The minimum absolute atomic E-state index is 0.0860. The Kier molecular flexibility index (Phi) is 5.88. The number of benzene rings is 2. The van der Waals surface area contributed by atoms with Gasteiger partial charge in [-0.2, -0.15) is 0 Å². The Morgan fingerprint density at radius 2 is 1.59 bits per heavy atom. The number of carbonyl (C=O) groups is 3. The molecule has 29 heavy (non-hydrogen) atoms. The largest absolute Gasteiger partial charge is 0.355 e. The van der Waals surface area contributed by atoms with Gasteiger partial charge in [0, 0.05) is 35.7 Å². The fraction of sp³-hybridized carbons (Fsp3) is 0.0500. The smallest absolute Gasteiger partial charge is 0.312 e. The fourth-order valence-corrected chi connectivity index (χ4v) is 2.54. The Balaban J connectivity index is 1.62. The summed E-state index contributed by atoms with van der Waals surface area (Å²) in [4.78, 5) is 37.7. The van der Waals surface area contributed by atoms with E-state index < -0.39 is 17.8 Å². The van der Waals surface area contributed by atoms with Gasteiger partial charge in [0.05, 0.1) is 0 Å². The number of carbonyl (C=O) groups excluding carboxylic acids is 3.